The summed E-state index contributed by atoms with van der Waals surface area (Å²) in [5, 5.41) is 14.5. The molecule has 0 aliphatic heterocycles. The lowest BCUT2D eigenvalue weighted by molar-refractivity contribution is -0.131. The van der Waals surface area contributed by atoms with Crippen LogP contribution in [0.25, 0.3) is 6.08 Å². The number of aromatic nitrogens is 2. The molecule has 96 valence electrons. The first-order chi connectivity index (χ1) is 9.15. The second-order valence-corrected chi connectivity index (χ2v) is 3.49. The van der Waals surface area contributed by atoms with Crippen molar-refractivity contribution in [3.63, 3.8) is 0 Å². The summed E-state index contributed by atoms with van der Waals surface area (Å²) in [7, 11) is 0. The molecule has 0 bridgehead atoms. The number of hydrogen-bond donors (Lipinski definition) is 2. The fourth-order valence-electron chi connectivity index (χ4n) is 1.26. The van der Waals surface area contributed by atoms with Gasteiger partial charge in [-0.2, -0.15) is 0 Å². The maximum absolute atomic E-state index is 11.7. The van der Waals surface area contributed by atoms with Gasteiger partial charge in [0.25, 0.3) is 5.91 Å². The van der Waals surface area contributed by atoms with Crippen LogP contribution in [0.1, 0.15) is 16.1 Å². The van der Waals surface area contributed by atoms with Crippen LogP contribution in [-0.2, 0) is 4.79 Å². The summed E-state index contributed by atoms with van der Waals surface area (Å²) < 4.78 is 4.57. The lowest BCUT2D eigenvalue weighted by atomic mass is 10.2. The van der Waals surface area contributed by atoms with Crippen molar-refractivity contribution in [3.05, 3.63) is 48.0 Å². The molecule has 0 saturated carbocycles. The molecule has 0 atom stereocenters. The summed E-state index contributed by atoms with van der Waals surface area (Å²) in [5.74, 6) is -1.18. The van der Waals surface area contributed by atoms with Crippen LogP contribution >= 0.6 is 0 Å². The van der Waals surface area contributed by atoms with E-state index in [4.69, 9.17) is 5.11 Å². The normalized spacial score (nSPS) is 10.5. The van der Waals surface area contributed by atoms with Gasteiger partial charge in [0.05, 0.1) is 0 Å². The first-order valence-corrected chi connectivity index (χ1v) is 5.24. The molecule has 2 rings (SSSR count). The summed E-state index contributed by atoms with van der Waals surface area (Å²) in [6.07, 6.45) is 5.11. The van der Waals surface area contributed by atoms with E-state index >= 15 is 0 Å². The lowest BCUT2D eigenvalue weighted by Crippen LogP contribution is -2.13. The van der Waals surface area contributed by atoms with Crippen LogP contribution in [0, 0.1) is 0 Å². The third-order valence-electron chi connectivity index (χ3n) is 2.12. The molecule has 1 amide bonds. The van der Waals surface area contributed by atoms with Crippen LogP contribution in [0.15, 0.2) is 41.3 Å². The first-order valence-electron chi connectivity index (χ1n) is 5.24. The maximum atomic E-state index is 11.7. The van der Waals surface area contributed by atoms with E-state index in [-0.39, 0.29) is 5.69 Å². The van der Waals surface area contributed by atoms with E-state index in [9.17, 15) is 9.59 Å². The van der Waals surface area contributed by atoms with Crippen LogP contribution in [0.4, 0.5) is 5.82 Å². The number of amides is 1. The predicted octanol–water partition coefficient (Wildman–Crippen LogP) is 1.42. The highest BCUT2D eigenvalue weighted by Crippen LogP contribution is 2.06. The number of carboxylic acid groups (broad SMARTS) is 1. The molecule has 0 radical (unpaired) electrons. The Morgan fingerprint density at radius 1 is 1.32 bits per heavy atom. The Balaban J connectivity index is 2.05. The van der Waals surface area contributed by atoms with E-state index in [1.165, 1.54) is 30.7 Å². The van der Waals surface area contributed by atoms with Gasteiger partial charge in [-0.05, 0) is 17.7 Å². The van der Waals surface area contributed by atoms with Crippen molar-refractivity contribution in [2.45, 2.75) is 0 Å². The van der Waals surface area contributed by atoms with Crippen LogP contribution in [0.5, 0.6) is 0 Å². The van der Waals surface area contributed by atoms with E-state index < -0.39 is 11.9 Å². The SMILES string of the molecule is O=C(O)C=Cc1ccc(C(=O)Nc2ccon2)nc1. The minimum atomic E-state index is -1.05. The number of pyridine rings is 1. The molecular formula is C12H9N3O4. The Labute approximate surface area is 107 Å². The van der Waals surface area contributed by atoms with Crippen LogP contribution in [-0.4, -0.2) is 27.1 Å². The topological polar surface area (TPSA) is 105 Å². The molecule has 0 aromatic carbocycles. The molecule has 0 aliphatic carbocycles. The Morgan fingerprint density at radius 2 is 2.16 bits per heavy atom. The fourth-order valence-corrected chi connectivity index (χ4v) is 1.26. The molecule has 2 aromatic heterocycles. The Morgan fingerprint density at radius 3 is 2.74 bits per heavy atom. The molecule has 0 spiro atoms. The van der Waals surface area contributed by atoms with Crippen LogP contribution in [0.3, 0.4) is 0 Å². The zero-order valence-corrected chi connectivity index (χ0v) is 9.61. The quantitative estimate of drug-likeness (QED) is 0.804. The van der Waals surface area contributed by atoms with Gasteiger partial charge in [0.2, 0.25) is 0 Å². The van der Waals surface area contributed by atoms with Crippen molar-refractivity contribution in [1.29, 1.82) is 0 Å². The average molecular weight is 259 g/mol. The number of nitrogens with one attached hydrogen (secondary N) is 1. The number of anilines is 1. The van der Waals surface area contributed by atoms with Crippen molar-refractivity contribution >= 4 is 23.8 Å². The minimum Gasteiger partial charge on any atom is -0.478 e. The molecule has 2 heterocycles. The van der Waals surface area contributed by atoms with Gasteiger partial charge in [0, 0.05) is 18.3 Å². The molecule has 2 N–H and O–H groups in total. The zero-order chi connectivity index (χ0) is 13.7. The average Bonchev–Trinajstić information content (AvgIpc) is 2.89. The largest absolute Gasteiger partial charge is 0.478 e. The number of nitrogens with zero attached hydrogens (tertiary/aromatic N) is 2. The summed E-state index contributed by atoms with van der Waals surface area (Å²) in [6.45, 7) is 0. The van der Waals surface area contributed by atoms with Crippen molar-refractivity contribution in [3.8, 4) is 0 Å². The highest BCUT2D eigenvalue weighted by molar-refractivity contribution is 6.02. The molecular weight excluding hydrogens is 250 g/mol. The standard InChI is InChI=1S/C12H9N3O4/c16-11(17)4-2-8-1-3-9(13-7-8)12(18)14-10-5-6-19-15-10/h1-7H,(H,16,17)(H,14,15,18). The predicted molar refractivity (Wildman–Crippen MR) is 65.4 cm³/mol. The summed E-state index contributed by atoms with van der Waals surface area (Å²) in [4.78, 5) is 26.0. The second-order valence-electron chi connectivity index (χ2n) is 3.49. The van der Waals surface area contributed by atoms with Gasteiger partial charge in [0.1, 0.15) is 12.0 Å². The van der Waals surface area contributed by atoms with E-state index in [1.807, 2.05) is 0 Å². The van der Waals surface area contributed by atoms with Gasteiger partial charge in [0.15, 0.2) is 5.82 Å². The van der Waals surface area contributed by atoms with Gasteiger partial charge in [-0.3, -0.25) is 9.78 Å². The molecule has 0 fully saturated rings. The summed E-state index contributed by atoms with van der Waals surface area (Å²) >= 11 is 0. The number of carbonyl (C=O) groups excluding carboxylic acids is 1. The molecule has 0 aliphatic rings. The molecule has 7 heteroatoms. The number of carbonyl (C=O) groups is 2. The van der Waals surface area contributed by atoms with Crippen molar-refractivity contribution in [2.24, 2.45) is 0 Å². The molecule has 7 nitrogen and oxygen atoms in total. The first kappa shape index (κ1) is 12.5. The highest BCUT2D eigenvalue weighted by atomic mass is 16.5. The van der Waals surface area contributed by atoms with Gasteiger partial charge >= 0.3 is 5.97 Å². The van der Waals surface area contributed by atoms with E-state index in [0.717, 1.165) is 6.08 Å². The van der Waals surface area contributed by atoms with Crippen LogP contribution in [0.2, 0.25) is 0 Å². The Hall–Kier alpha value is -2.96. The van der Waals surface area contributed by atoms with Crippen molar-refractivity contribution < 1.29 is 19.2 Å². The lowest BCUT2D eigenvalue weighted by Gasteiger charge is -2.00. The molecule has 0 unspecified atom stereocenters. The molecule has 19 heavy (non-hydrogen) atoms. The molecule has 0 saturated heterocycles. The van der Waals surface area contributed by atoms with Crippen molar-refractivity contribution in [2.75, 3.05) is 5.32 Å². The fraction of sp³-hybridized carbons (Fsp3) is 0. The Kier molecular flexibility index (Phi) is 3.67. The number of carboxylic acids is 1. The summed E-state index contributed by atoms with van der Waals surface area (Å²) in [6, 6.07) is 4.57. The third kappa shape index (κ3) is 3.50. The smallest absolute Gasteiger partial charge is 0.328 e. The van der Waals surface area contributed by atoms with E-state index in [1.54, 1.807) is 6.07 Å². The van der Waals surface area contributed by atoms with E-state index in [2.05, 4.69) is 20.0 Å². The third-order valence-corrected chi connectivity index (χ3v) is 2.12. The number of hydrogen-bond acceptors (Lipinski definition) is 5. The number of rotatable bonds is 4. The van der Waals surface area contributed by atoms with Gasteiger partial charge in [-0.1, -0.05) is 11.2 Å². The zero-order valence-electron chi connectivity index (χ0n) is 9.61. The summed E-state index contributed by atoms with van der Waals surface area (Å²) in [5.41, 5.74) is 0.774. The Bertz CT molecular complexity index is 602. The van der Waals surface area contributed by atoms with Crippen molar-refractivity contribution in [1.82, 2.24) is 10.1 Å². The van der Waals surface area contributed by atoms with E-state index in [0.29, 0.717) is 11.4 Å². The maximum Gasteiger partial charge on any atom is 0.328 e. The minimum absolute atomic E-state index is 0.190. The van der Waals surface area contributed by atoms with Gasteiger partial charge in [-0.25, -0.2) is 4.79 Å². The number of aliphatic carboxylic acids is 1. The monoisotopic (exact) mass is 259 g/mol. The van der Waals surface area contributed by atoms with Gasteiger partial charge in [-0.15, -0.1) is 0 Å². The van der Waals surface area contributed by atoms with Crippen LogP contribution < -0.4 is 5.32 Å². The second kappa shape index (κ2) is 5.58. The molecule has 2 aromatic rings. The van der Waals surface area contributed by atoms with Gasteiger partial charge < -0.3 is 14.9 Å². The highest BCUT2D eigenvalue weighted by Gasteiger charge is 2.08.